The lowest BCUT2D eigenvalue weighted by molar-refractivity contribution is -0.137. The van der Waals surface area contributed by atoms with Gasteiger partial charge < -0.3 is 9.88 Å². The van der Waals surface area contributed by atoms with E-state index in [0.29, 0.717) is 6.54 Å². The van der Waals surface area contributed by atoms with E-state index in [1.165, 1.54) is 12.1 Å². The van der Waals surface area contributed by atoms with E-state index in [9.17, 15) is 18.0 Å². The lowest BCUT2D eigenvalue weighted by Gasteiger charge is -2.10. The van der Waals surface area contributed by atoms with Crippen molar-refractivity contribution in [3.63, 3.8) is 0 Å². The molecule has 0 unspecified atom stereocenters. The highest BCUT2D eigenvalue weighted by Crippen LogP contribution is 2.29. The number of amides is 1. The van der Waals surface area contributed by atoms with Gasteiger partial charge in [0.15, 0.2) is 0 Å². The number of nitrogens with zero attached hydrogens (tertiary/aromatic N) is 2. The van der Waals surface area contributed by atoms with Gasteiger partial charge in [0.1, 0.15) is 0 Å². The van der Waals surface area contributed by atoms with Crippen LogP contribution in [0.3, 0.4) is 0 Å². The smallest absolute Gasteiger partial charge is 0.348 e. The molecule has 0 radical (unpaired) electrons. The Labute approximate surface area is 148 Å². The molecular formula is C19H16F3N3O. The Hall–Kier alpha value is -3.09. The monoisotopic (exact) mass is 359 g/mol. The third kappa shape index (κ3) is 4.50. The van der Waals surface area contributed by atoms with Crippen molar-refractivity contribution < 1.29 is 18.0 Å². The van der Waals surface area contributed by atoms with E-state index >= 15 is 0 Å². The van der Waals surface area contributed by atoms with Gasteiger partial charge in [-0.25, -0.2) is 4.98 Å². The summed E-state index contributed by atoms with van der Waals surface area (Å²) >= 11 is 0. The van der Waals surface area contributed by atoms with Crippen LogP contribution in [0.4, 0.5) is 13.2 Å². The number of alkyl halides is 3. The van der Waals surface area contributed by atoms with E-state index in [1.807, 2.05) is 35.0 Å². The molecule has 3 aromatic rings. The number of benzene rings is 2. The minimum absolute atomic E-state index is 0.0171. The summed E-state index contributed by atoms with van der Waals surface area (Å²) < 4.78 is 40.1. The molecule has 0 aliphatic carbocycles. The van der Waals surface area contributed by atoms with Gasteiger partial charge in [-0.1, -0.05) is 30.3 Å². The van der Waals surface area contributed by atoms with E-state index < -0.39 is 17.6 Å². The Kier molecular flexibility index (Phi) is 5.06. The van der Waals surface area contributed by atoms with Gasteiger partial charge in [-0.2, -0.15) is 13.2 Å². The van der Waals surface area contributed by atoms with Gasteiger partial charge in [0.2, 0.25) is 0 Å². The number of aromatic nitrogens is 2. The second-order valence-electron chi connectivity index (χ2n) is 5.81. The first-order valence-corrected chi connectivity index (χ1v) is 7.91. The van der Waals surface area contributed by atoms with Gasteiger partial charge in [-0.15, -0.1) is 0 Å². The second kappa shape index (κ2) is 7.43. The Morgan fingerprint density at radius 1 is 1.08 bits per heavy atom. The molecule has 1 aromatic heterocycles. The zero-order chi connectivity index (χ0) is 18.6. The molecule has 3 rings (SSSR count). The van der Waals surface area contributed by atoms with Gasteiger partial charge in [-0.3, -0.25) is 4.79 Å². The summed E-state index contributed by atoms with van der Waals surface area (Å²) in [4.78, 5) is 16.1. The molecule has 0 atom stereocenters. The van der Waals surface area contributed by atoms with Gasteiger partial charge in [0, 0.05) is 31.0 Å². The molecule has 0 aliphatic heterocycles. The number of nitrogens with one attached hydrogen (secondary N) is 1. The van der Waals surface area contributed by atoms with Crippen LogP contribution < -0.4 is 5.32 Å². The highest BCUT2D eigenvalue weighted by Gasteiger charge is 2.30. The SMILES string of the molecule is O=C(NCc1ccc(Cn2ccnc2)cc1)c1cccc(C(F)(F)F)c1. The fraction of sp³-hybridized carbons (Fsp3) is 0.158. The van der Waals surface area contributed by atoms with Crippen LogP contribution in [0.5, 0.6) is 0 Å². The zero-order valence-corrected chi connectivity index (χ0v) is 13.7. The molecule has 0 aliphatic rings. The summed E-state index contributed by atoms with van der Waals surface area (Å²) in [5, 5.41) is 2.64. The van der Waals surface area contributed by atoms with Crippen LogP contribution in [0.1, 0.15) is 27.0 Å². The maximum absolute atomic E-state index is 12.7. The topological polar surface area (TPSA) is 46.9 Å². The molecule has 0 spiro atoms. The van der Waals surface area contributed by atoms with Crippen LogP contribution in [-0.2, 0) is 19.3 Å². The first-order chi connectivity index (χ1) is 12.4. The van der Waals surface area contributed by atoms with Crippen LogP contribution in [0.25, 0.3) is 0 Å². The van der Waals surface area contributed by atoms with Crippen molar-refractivity contribution >= 4 is 5.91 Å². The molecule has 0 fully saturated rings. The molecule has 0 bridgehead atoms. The average Bonchev–Trinajstić information content (AvgIpc) is 3.13. The first kappa shape index (κ1) is 17.7. The van der Waals surface area contributed by atoms with Crippen molar-refractivity contribution in [2.45, 2.75) is 19.3 Å². The molecular weight excluding hydrogens is 343 g/mol. The normalized spacial score (nSPS) is 11.3. The van der Waals surface area contributed by atoms with Crippen molar-refractivity contribution in [2.24, 2.45) is 0 Å². The summed E-state index contributed by atoms with van der Waals surface area (Å²) in [5.41, 5.74) is 1.08. The third-order valence-electron chi connectivity index (χ3n) is 3.85. The van der Waals surface area contributed by atoms with Crippen LogP contribution >= 0.6 is 0 Å². The highest BCUT2D eigenvalue weighted by atomic mass is 19.4. The predicted molar refractivity (Wildman–Crippen MR) is 90.4 cm³/mol. The van der Waals surface area contributed by atoms with Gasteiger partial charge in [0.25, 0.3) is 5.91 Å². The maximum atomic E-state index is 12.7. The van der Waals surface area contributed by atoms with Crippen LogP contribution in [-0.4, -0.2) is 15.5 Å². The number of halogens is 3. The Bertz CT molecular complexity index is 872. The molecule has 1 amide bonds. The van der Waals surface area contributed by atoms with Gasteiger partial charge >= 0.3 is 6.18 Å². The standard InChI is InChI=1S/C19H16F3N3O/c20-19(21,22)17-3-1-2-16(10-17)18(26)24-11-14-4-6-15(7-5-14)12-25-9-8-23-13-25/h1-10,13H,11-12H2,(H,24,26). The molecule has 0 saturated carbocycles. The third-order valence-corrected chi connectivity index (χ3v) is 3.85. The average molecular weight is 359 g/mol. The number of hydrogen-bond acceptors (Lipinski definition) is 2. The summed E-state index contributed by atoms with van der Waals surface area (Å²) in [7, 11) is 0. The lowest BCUT2D eigenvalue weighted by atomic mass is 10.1. The Morgan fingerprint density at radius 3 is 2.46 bits per heavy atom. The van der Waals surface area contributed by atoms with E-state index in [1.54, 1.807) is 12.5 Å². The fourth-order valence-corrected chi connectivity index (χ4v) is 2.47. The fourth-order valence-electron chi connectivity index (χ4n) is 2.47. The molecule has 134 valence electrons. The first-order valence-electron chi connectivity index (χ1n) is 7.91. The van der Waals surface area contributed by atoms with Crippen molar-refractivity contribution in [1.82, 2.24) is 14.9 Å². The molecule has 1 N–H and O–H groups in total. The number of carbonyl (C=O) groups is 1. The number of hydrogen-bond donors (Lipinski definition) is 1. The number of rotatable bonds is 5. The summed E-state index contributed by atoms with van der Waals surface area (Å²) in [5.74, 6) is -0.543. The summed E-state index contributed by atoms with van der Waals surface area (Å²) in [6.45, 7) is 0.928. The van der Waals surface area contributed by atoms with Gasteiger partial charge in [0.05, 0.1) is 11.9 Å². The second-order valence-corrected chi connectivity index (χ2v) is 5.81. The quantitative estimate of drug-likeness (QED) is 0.752. The van der Waals surface area contributed by atoms with E-state index in [4.69, 9.17) is 0 Å². The van der Waals surface area contributed by atoms with E-state index in [2.05, 4.69) is 10.3 Å². The zero-order valence-electron chi connectivity index (χ0n) is 13.7. The van der Waals surface area contributed by atoms with Crippen LogP contribution in [0.2, 0.25) is 0 Å². The highest BCUT2D eigenvalue weighted by molar-refractivity contribution is 5.94. The minimum Gasteiger partial charge on any atom is -0.348 e. The van der Waals surface area contributed by atoms with E-state index in [-0.39, 0.29) is 12.1 Å². The van der Waals surface area contributed by atoms with Crippen molar-refractivity contribution in [1.29, 1.82) is 0 Å². The molecule has 26 heavy (non-hydrogen) atoms. The van der Waals surface area contributed by atoms with Crippen molar-refractivity contribution in [2.75, 3.05) is 0 Å². The van der Waals surface area contributed by atoms with Crippen molar-refractivity contribution in [3.05, 3.63) is 89.5 Å². The molecule has 1 heterocycles. The molecule has 0 saturated heterocycles. The maximum Gasteiger partial charge on any atom is 0.416 e. The number of carbonyl (C=O) groups excluding carboxylic acids is 1. The van der Waals surface area contributed by atoms with Crippen LogP contribution in [0, 0.1) is 0 Å². The largest absolute Gasteiger partial charge is 0.416 e. The predicted octanol–water partition coefficient (Wildman–Crippen LogP) is 3.88. The summed E-state index contributed by atoms with van der Waals surface area (Å²) in [6, 6.07) is 12.0. The molecule has 2 aromatic carbocycles. The number of imidazole rings is 1. The van der Waals surface area contributed by atoms with Crippen LogP contribution in [0.15, 0.2) is 67.3 Å². The summed E-state index contributed by atoms with van der Waals surface area (Å²) in [6.07, 6.45) is 0.825. The van der Waals surface area contributed by atoms with Crippen molar-refractivity contribution in [3.8, 4) is 0 Å². The Morgan fingerprint density at radius 2 is 1.81 bits per heavy atom. The minimum atomic E-state index is -4.47. The molecule has 4 nitrogen and oxygen atoms in total. The van der Waals surface area contributed by atoms with E-state index in [0.717, 1.165) is 23.3 Å². The Balaban J connectivity index is 1.59. The van der Waals surface area contributed by atoms with Gasteiger partial charge in [-0.05, 0) is 29.3 Å². The lowest BCUT2D eigenvalue weighted by Crippen LogP contribution is -2.23. The molecule has 7 heteroatoms.